The maximum atomic E-state index is 10.8. The van der Waals surface area contributed by atoms with Gasteiger partial charge in [-0.05, 0) is 68.6 Å². The summed E-state index contributed by atoms with van der Waals surface area (Å²) >= 11 is 0. The summed E-state index contributed by atoms with van der Waals surface area (Å²) in [6.07, 6.45) is 16.3. The molecular formula is C19H34O. The molecule has 2 rings (SSSR count). The molecule has 0 aromatic rings. The summed E-state index contributed by atoms with van der Waals surface area (Å²) in [7, 11) is 0. The van der Waals surface area contributed by atoms with Crippen molar-refractivity contribution >= 4 is 6.29 Å². The number of unbranched alkanes of at least 4 members (excludes halogenated alkanes) is 1. The van der Waals surface area contributed by atoms with E-state index in [0.29, 0.717) is 5.92 Å². The molecule has 0 bridgehead atoms. The maximum Gasteiger partial charge on any atom is 0.123 e. The van der Waals surface area contributed by atoms with Gasteiger partial charge in [-0.3, -0.25) is 0 Å². The Labute approximate surface area is 125 Å². The minimum Gasteiger partial charge on any atom is -0.303 e. The highest BCUT2D eigenvalue weighted by Gasteiger charge is 2.24. The van der Waals surface area contributed by atoms with E-state index in [-0.39, 0.29) is 0 Å². The summed E-state index contributed by atoms with van der Waals surface area (Å²) in [5, 5.41) is 0. The number of hydrogen-bond donors (Lipinski definition) is 0. The molecule has 0 saturated heterocycles. The van der Waals surface area contributed by atoms with Crippen molar-refractivity contribution in [2.75, 3.05) is 0 Å². The molecular weight excluding hydrogens is 244 g/mol. The summed E-state index contributed by atoms with van der Waals surface area (Å²) in [4.78, 5) is 10.8. The average Bonchev–Trinajstić information content (AvgIpc) is 2.43. The van der Waals surface area contributed by atoms with E-state index in [4.69, 9.17) is 0 Å². The van der Waals surface area contributed by atoms with E-state index >= 15 is 0 Å². The second-order valence-electron chi connectivity index (χ2n) is 7.98. The molecule has 0 aromatic carbocycles. The lowest BCUT2D eigenvalue weighted by molar-refractivity contribution is -0.112. The first kappa shape index (κ1) is 16.0. The summed E-state index contributed by atoms with van der Waals surface area (Å²) in [5.41, 5.74) is 0. The smallest absolute Gasteiger partial charge is 0.123 e. The number of aldehydes is 1. The van der Waals surface area contributed by atoms with E-state index in [2.05, 4.69) is 13.8 Å². The van der Waals surface area contributed by atoms with Crippen molar-refractivity contribution in [2.45, 2.75) is 84.5 Å². The van der Waals surface area contributed by atoms with Crippen molar-refractivity contribution in [3.63, 3.8) is 0 Å². The molecule has 2 aliphatic rings. The Kier molecular flexibility index (Phi) is 6.58. The normalized spacial score (nSPS) is 38.6. The number of hydrogen-bond acceptors (Lipinski definition) is 1. The van der Waals surface area contributed by atoms with Crippen LogP contribution in [0.5, 0.6) is 0 Å². The zero-order chi connectivity index (χ0) is 14.4. The van der Waals surface area contributed by atoms with Gasteiger partial charge in [0.1, 0.15) is 6.29 Å². The largest absolute Gasteiger partial charge is 0.303 e. The Bertz CT molecular complexity index is 267. The predicted octanol–water partition coefficient (Wildman–Crippen LogP) is 5.62. The van der Waals surface area contributed by atoms with Crippen LogP contribution in [0.4, 0.5) is 0 Å². The van der Waals surface area contributed by atoms with Crippen molar-refractivity contribution in [3.05, 3.63) is 0 Å². The van der Waals surface area contributed by atoms with E-state index in [1.54, 1.807) is 0 Å². The molecule has 0 aromatic heterocycles. The van der Waals surface area contributed by atoms with Crippen LogP contribution in [0.25, 0.3) is 0 Å². The fourth-order valence-corrected chi connectivity index (χ4v) is 4.83. The molecule has 0 aliphatic heterocycles. The quantitative estimate of drug-likeness (QED) is 0.455. The van der Waals surface area contributed by atoms with Gasteiger partial charge in [0, 0.05) is 5.92 Å². The van der Waals surface area contributed by atoms with Crippen molar-refractivity contribution in [1.29, 1.82) is 0 Å². The van der Waals surface area contributed by atoms with Crippen LogP contribution in [0, 0.1) is 29.6 Å². The van der Waals surface area contributed by atoms with Crippen molar-refractivity contribution in [3.8, 4) is 0 Å². The van der Waals surface area contributed by atoms with Gasteiger partial charge in [-0.1, -0.05) is 39.5 Å². The summed E-state index contributed by atoms with van der Waals surface area (Å²) < 4.78 is 0. The molecule has 0 heterocycles. The molecule has 2 atom stereocenters. The SMILES string of the molecule is CC1CC(C)CC(CCCCC2CCC(C=O)CC2)C1. The monoisotopic (exact) mass is 278 g/mol. The molecule has 2 aliphatic carbocycles. The molecule has 2 saturated carbocycles. The van der Waals surface area contributed by atoms with Crippen LogP contribution in [0.2, 0.25) is 0 Å². The highest BCUT2D eigenvalue weighted by Crippen LogP contribution is 2.36. The fraction of sp³-hybridized carbons (Fsp3) is 0.947. The van der Waals surface area contributed by atoms with Gasteiger partial charge < -0.3 is 4.79 Å². The molecule has 2 fully saturated rings. The minimum atomic E-state index is 0.386. The van der Waals surface area contributed by atoms with Crippen molar-refractivity contribution in [2.24, 2.45) is 29.6 Å². The standard InChI is InChI=1S/C19H34O/c1-15-11-16(2)13-19(12-15)6-4-3-5-17-7-9-18(14-20)10-8-17/h14-19H,3-13H2,1-2H3. The Morgan fingerprint density at radius 2 is 1.35 bits per heavy atom. The van der Waals surface area contributed by atoms with Gasteiger partial charge in [-0.25, -0.2) is 0 Å². The van der Waals surface area contributed by atoms with Gasteiger partial charge in [0.05, 0.1) is 0 Å². The molecule has 0 N–H and O–H groups in total. The second kappa shape index (κ2) is 8.20. The molecule has 1 heteroatoms. The average molecular weight is 278 g/mol. The fourth-order valence-electron chi connectivity index (χ4n) is 4.83. The van der Waals surface area contributed by atoms with Crippen LogP contribution in [0.3, 0.4) is 0 Å². The van der Waals surface area contributed by atoms with Gasteiger partial charge in [-0.2, -0.15) is 0 Å². The highest BCUT2D eigenvalue weighted by molar-refractivity contribution is 5.53. The van der Waals surface area contributed by atoms with E-state index < -0.39 is 0 Å². The lowest BCUT2D eigenvalue weighted by Gasteiger charge is -2.31. The van der Waals surface area contributed by atoms with Crippen LogP contribution < -0.4 is 0 Å². The third-order valence-corrected chi connectivity index (χ3v) is 5.83. The number of carbonyl (C=O) groups excluding carboxylic acids is 1. The summed E-state index contributed by atoms with van der Waals surface area (Å²) in [6.45, 7) is 4.88. The summed E-state index contributed by atoms with van der Waals surface area (Å²) in [6, 6.07) is 0. The van der Waals surface area contributed by atoms with E-state index in [1.165, 1.54) is 64.1 Å². The molecule has 0 spiro atoms. The van der Waals surface area contributed by atoms with Gasteiger partial charge in [-0.15, -0.1) is 0 Å². The predicted molar refractivity (Wildman–Crippen MR) is 85.6 cm³/mol. The highest BCUT2D eigenvalue weighted by atomic mass is 16.1. The van der Waals surface area contributed by atoms with Gasteiger partial charge in [0.25, 0.3) is 0 Å². The van der Waals surface area contributed by atoms with Crippen LogP contribution in [0.1, 0.15) is 84.5 Å². The Morgan fingerprint density at radius 3 is 1.90 bits per heavy atom. The minimum absolute atomic E-state index is 0.386. The van der Waals surface area contributed by atoms with Crippen LogP contribution in [0.15, 0.2) is 0 Å². The van der Waals surface area contributed by atoms with Crippen molar-refractivity contribution < 1.29 is 4.79 Å². The Morgan fingerprint density at radius 1 is 0.800 bits per heavy atom. The lowest BCUT2D eigenvalue weighted by atomic mass is 9.74. The molecule has 0 amide bonds. The topological polar surface area (TPSA) is 17.1 Å². The maximum absolute atomic E-state index is 10.8. The van der Waals surface area contributed by atoms with Gasteiger partial charge in [0.15, 0.2) is 0 Å². The molecule has 2 unspecified atom stereocenters. The van der Waals surface area contributed by atoms with Crippen LogP contribution >= 0.6 is 0 Å². The zero-order valence-corrected chi connectivity index (χ0v) is 13.7. The first-order valence-corrected chi connectivity index (χ1v) is 9.12. The Balaban J connectivity index is 1.54. The Hall–Kier alpha value is -0.330. The van der Waals surface area contributed by atoms with Gasteiger partial charge in [0.2, 0.25) is 0 Å². The first-order valence-electron chi connectivity index (χ1n) is 9.12. The van der Waals surface area contributed by atoms with E-state index in [0.717, 1.165) is 36.5 Å². The summed E-state index contributed by atoms with van der Waals surface area (Å²) in [5.74, 6) is 4.25. The lowest BCUT2D eigenvalue weighted by Crippen LogP contribution is -2.19. The van der Waals surface area contributed by atoms with Gasteiger partial charge >= 0.3 is 0 Å². The number of rotatable bonds is 6. The zero-order valence-electron chi connectivity index (χ0n) is 13.7. The van der Waals surface area contributed by atoms with Crippen LogP contribution in [-0.2, 0) is 4.79 Å². The third-order valence-electron chi connectivity index (χ3n) is 5.83. The molecule has 116 valence electrons. The molecule has 0 radical (unpaired) electrons. The van der Waals surface area contributed by atoms with Crippen molar-refractivity contribution in [1.82, 2.24) is 0 Å². The third kappa shape index (κ3) is 5.22. The second-order valence-corrected chi connectivity index (χ2v) is 7.98. The van der Waals surface area contributed by atoms with E-state index in [1.807, 2.05) is 0 Å². The number of carbonyl (C=O) groups is 1. The van der Waals surface area contributed by atoms with E-state index in [9.17, 15) is 4.79 Å². The molecule has 20 heavy (non-hydrogen) atoms. The first-order chi connectivity index (χ1) is 9.67. The van der Waals surface area contributed by atoms with Crippen LogP contribution in [-0.4, -0.2) is 6.29 Å². The molecule has 1 nitrogen and oxygen atoms in total.